The maximum atomic E-state index is 12.7. The van der Waals surface area contributed by atoms with Crippen LogP contribution in [0.15, 0.2) is 72.8 Å². The second kappa shape index (κ2) is 17.2. The van der Waals surface area contributed by atoms with Gasteiger partial charge in [0.2, 0.25) is 0 Å². The minimum Gasteiger partial charge on any atom is -0.492 e. The van der Waals surface area contributed by atoms with E-state index in [0.717, 1.165) is 35.1 Å². The van der Waals surface area contributed by atoms with E-state index in [0.29, 0.717) is 44.0 Å². The van der Waals surface area contributed by atoms with Crippen LogP contribution in [0.1, 0.15) is 56.2 Å². The van der Waals surface area contributed by atoms with Gasteiger partial charge in [-0.15, -0.1) is 0 Å². The first-order valence-electron chi connectivity index (χ1n) is 17.6. The van der Waals surface area contributed by atoms with Crippen LogP contribution in [0.4, 0.5) is 9.59 Å². The summed E-state index contributed by atoms with van der Waals surface area (Å²) >= 11 is 0. The van der Waals surface area contributed by atoms with Crippen molar-refractivity contribution >= 4 is 24.1 Å². The van der Waals surface area contributed by atoms with Crippen LogP contribution in [0.25, 0.3) is 11.1 Å². The van der Waals surface area contributed by atoms with E-state index in [2.05, 4.69) is 10.6 Å². The predicted molar refractivity (Wildman–Crippen MR) is 192 cm³/mol. The third-order valence-electron chi connectivity index (χ3n) is 9.81. The van der Waals surface area contributed by atoms with Crippen LogP contribution in [0.2, 0.25) is 0 Å². The number of nitrogens with zero attached hydrogens (tertiary/aromatic N) is 2. The summed E-state index contributed by atoms with van der Waals surface area (Å²) in [5.41, 5.74) is 4.61. The minimum atomic E-state index is -1.18. The van der Waals surface area contributed by atoms with Gasteiger partial charge in [-0.05, 0) is 59.7 Å². The highest BCUT2D eigenvalue weighted by Crippen LogP contribution is 2.44. The smallest absolute Gasteiger partial charge is 0.407 e. The van der Waals surface area contributed by atoms with E-state index in [1.54, 1.807) is 29.2 Å². The van der Waals surface area contributed by atoms with Crippen LogP contribution in [0.5, 0.6) is 5.75 Å². The van der Waals surface area contributed by atoms with Crippen molar-refractivity contribution < 1.29 is 38.5 Å². The molecule has 0 aromatic heterocycles. The number of carboxylic acid groups (broad SMARTS) is 1. The number of fused-ring (bicyclic) bond motifs is 3. The fourth-order valence-corrected chi connectivity index (χ4v) is 6.37. The SMILES string of the molecule is CCC(C)(CC)OC(=O)CN1CCN(C(=O)NCCOc2ccc(C[C@@H](NC(=O)OCC3c4ccccc4-c4ccccc43)C(=O)O)cc2)CC1. The standard InChI is InChI=1S/C39H48N4O8/c1-4-39(3,5-2)51-35(44)25-42-19-21-43(22-20-42)37(47)40-18-23-49-28-16-14-27(15-17-28)24-34(36(45)46)41-38(48)50-26-33-31-12-8-6-10-29(31)30-11-7-9-13-32(30)33/h6-17,33-34H,4-5,18-26H2,1-3H3,(H,40,47)(H,41,48)(H,45,46)/t34-/m1/s1. The number of urea groups is 1. The number of amides is 3. The number of aliphatic carboxylic acids is 1. The number of carbonyl (C=O) groups is 4. The lowest BCUT2D eigenvalue weighted by Gasteiger charge is -2.35. The molecule has 0 unspecified atom stereocenters. The summed E-state index contributed by atoms with van der Waals surface area (Å²) in [7, 11) is 0. The summed E-state index contributed by atoms with van der Waals surface area (Å²) in [6.07, 6.45) is 0.786. The molecule has 3 aromatic carbocycles. The van der Waals surface area contributed by atoms with Crippen molar-refractivity contribution in [3.8, 4) is 16.9 Å². The molecule has 1 aliphatic heterocycles. The zero-order valence-electron chi connectivity index (χ0n) is 29.6. The van der Waals surface area contributed by atoms with Crippen molar-refractivity contribution in [1.82, 2.24) is 20.4 Å². The van der Waals surface area contributed by atoms with Gasteiger partial charge in [0.25, 0.3) is 0 Å². The zero-order valence-corrected chi connectivity index (χ0v) is 29.6. The number of ether oxygens (including phenoxy) is 3. The summed E-state index contributed by atoms with van der Waals surface area (Å²) in [4.78, 5) is 53.5. The number of carbonyl (C=O) groups excluding carboxylic acids is 3. The topological polar surface area (TPSA) is 147 Å². The lowest BCUT2D eigenvalue weighted by molar-refractivity contribution is -0.160. The number of rotatable bonds is 15. The monoisotopic (exact) mass is 700 g/mol. The van der Waals surface area contributed by atoms with Crippen LogP contribution in [0, 0.1) is 0 Å². The fraction of sp³-hybridized carbons (Fsp3) is 0.436. The average Bonchev–Trinajstić information content (AvgIpc) is 3.46. The quantitative estimate of drug-likeness (QED) is 0.146. The number of alkyl carbamates (subject to hydrolysis) is 1. The van der Waals surface area contributed by atoms with Crippen molar-refractivity contribution in [3.05, 3.63) is 89.5 Å². The van der Waals surface area contributed by atoms with Crippen molar-refractivity contribution in [2.45, 2.75) is 57.6 Å². The van der Waals surface area contributed by atoms with Crippen molar-refractivity contribution in [3.63, 3.8) is 0 Å². The van der Waals surface area contributed by atoms with Crippen LogP contribution in [-0.4, -0.2) is 103 Å². The first-order chi connectivity index (χ1) is 24.6. The molecule has 3 aromatic rings. The molecule has 1 fully saturated rings. The Balaban J connectivity index is 0.999. The molecule has 2 aliphatic rings. The van der Waals surface area contributed by atoms with Gasteiger partial charge in [0.15, 0.2) is 0 Å². The Hall–Kier alpha value is -5.10. The normalized spacial score (nSPS) is 14.9. The molecule has 51 heavy (non-hydrogen) atoms. The van der Waals surface area contributed by atoms with Crippen LogP contribution >= 0.6 is 0 Å². The largest absolute Gasteiger partial charge is 0.492 e. The first kappa shape index (κ1) is 37.2. The summed E-state index contributed by atoms with van der Waals surface area (Å²) in [5, 5.41) is 15.2. The number of piperazine rings is 1. The lowest BCUT2D eigenvalue weighted by Crippen LogP contribution is -2.53. The molecule has 272 valence electrons. The molecule has 0 spiro atoms. The maximum Gasteiger partial charge on any atom is 0.407 e. The number of esters is 1. The summed E-state index contributed by atoms with van der Waals surface area (Å²) in [6.45, 7) is 8.99. The Kier molecular flexibility index (Phi) is 12.5. The lowest BCUT2D eigenvalue weighted by atomic mass is 9.98. The first-order valence-corrected chi connectivity index (χ1v) is 17.6. The molecule has 5 rings (SSSR count). The van der Waals surface area contributed by atoms with Gasteiger partial charge in [-0.25, -0.2) is 14.4 Å². The minimum absolute atomic E-state index is 0.0567. The van der Waals surface area contributed by atoms with Crippen LogP contribution < -0.4 is 15.4 Å². The molecule has 1 atom stereocenters. The molecule has 0 bridgehead atoms. The van der Waals surface area contributed by atoms with Gasteiger partial charge in [-0.1, -0.05) is 74.5 Å². The zero-order chi connectivity index (χ0) is 36.4. The Bertz CT molecular complexity index is 1620. The van der Waals surface area contributed by atoms with E-state index in [-0.39, 0.29) is 44.1 Å². The Morgan fingerprint density at radius 1 is 0.882 bits per heavy atom. The molecule has 12 nitrogen and oxygen atoms in total. The van der Waals surface area contributed by atoms with Gasteiger partial charge in [0, 0.05) is 38.5 Å². The molecular formula is C39H48N4O8. The molecule has 1 aliphatic carbocycles. The van der Waals surface area contributed by atoms with E-state index in [9.17, 15) is 24.3 Å². The highest BCUT2D eigenvalue weighted by atomic mass is 16.6. The number of hydrogen-bond donors (Lipinski definition) is 3. The number of nitrogens with one attached hydrogen (secondary N) is 2. The summed E-state index contributed by atoms with van der Waals surface area (Å²) in [5.74, 6) is -0.979. The van der Waals surface area contributed by atoms with E-state index >= 15 is 0 Å². The molecule has 0 radical (unpaired) electrons. The molecule has 12 heteroatoms. The van der Waals surface area contributed by atoms with E-state index in [1.807, 2.05) is 74.2 Å². The second-order valence-electron chi connectivity index (χ2n) is 13.2. The van der Waals surface area contributed by atoms with E-state index < -0.39 is 23.7 Å². The van der Waals surface area contributed by atoms with Gasteiger partial charge >= 0.3 is 24.1 Å². The highest BCUT2D eigenvalue weighted by Gasteiger charge is 2.30. The maximum absolute atomic E-state index is 12.7. The second-order valence-corrected chi connectivity index (χ2v) is 13.2. The molecule has 1 heterocycles. The Morgan fingerprint density at radius 2 is 1.49 bits per heavy atom. The summed E-state index contributed by atoms with van der Waals surface area (Å²) in [6, 6.07) is 21.5. The molecular weight excluding hydrogens is 652 g/mol. The van der Waals surface area contributed by atoms with Crippen molar-refractivity contribution in [2.24, 2.45) is 0 Å². The van der Waals surface area contributed by atoms with Gasteiger partial charge in [-0.3, -0.25) is 9.69 Å². The number of benzene rings is 3. The van der Waals surface area contributed by atoms with Crippen molar-refractivity contribution in [1.29, 1.82) is 0 Å². The third-order valence-corrected chi connectivity index (χ3v) is 9.81. The van der Waals surface area contributed by atoms with Gasteiger partial charge < -0.3 is 34.9 Å². The van der Waals surface area contributed by atoms with Crippen molar-refractivity contribution in [2.75, 3.05) is 52.5 Å². The highest BCUT2D eigenvalue weighted by molar-refractivity contribution is 5.81. The Labute approximate surface area is 299 Å². The van der Waals surface area contributed by atoms with Gasteiger partial charge in [0.1, 0.15) is 30.6 Å². The summed E-state index contributed by atoms with van der Waals surface area (Å²) < 4.78 is 17.0. The molecule has 0 saturated carbocycles. The number of hydrogen-bond acceptors (Lipinski definition) is 8. The predicted octanol–water partition coefficient (Wildman–Crippen LogP) is 5.05. The number of carboxylic acids is 1. The van der Waals surface area contributed by atoms with Crippen LogP contribution in [-0.2, 0) is 25.5 Å². The molecule has 3 amide bonds. The average molecular weight is 701 g/mol. The fourth-order valence-electron chi connectivity index (χ4n) is 6.37. The van der Waals surface area contributed by atoms with Gasteiger partial charge in [0.05, 0.1) is 13.1 Å². The Morgan fingerprint density at radius 3 is 2.08 bits per heavy atom. The van der Waals surface area contributed by atoms with E-state index in [4.69, 9.17) is 14.2 Å². The van der Waals surface area contributed by atoms with E-state index in [1.165, 1.54) is 0 Å². The third kappa shape index (κ3) is 9.78. The van der Waals surface area contributed by atoms with Gasteiger partial charge in [-0.2, -0.15) is 0 Å². The molecule has 3 N–H and O–H groups in total. The molecule has 1 saturated heterocycles. The van der Waals surface area contributed by atoms with Crippen LogP contribution in [0.3, 0.4) is 0 Å².